The van der Waals surface area contributed by atoms with Crippen molar-refractivity contribution >= 4 is 23.1 Å². The molecule has 2 heterocycles. The fourth-order valence-corrected chi connectivity index (χ4v) is 3.67. The Morgan fingerprint density at radius 2 is 2.00 bits per heavy atom. The maximum atomic E-state index is 12.6. The lowest BCUT2D eigenvalue weighted by Crippen LogP contribution is -2.15. The Kier molecular flexibility index (Phi) is 5.65. The lowest BCUT2D eigenvalue weighted by atomic mass is 10.1. The highest BCUT2D eigenvalue weighted by Gasteiger charge is 2.15. The van der Waals surface area contributed by atoms with E-state index in [4.69, 9.17) is 4.74 Å². The van der Waals surface area contributed by atoms with E-state index in [9.17, 15) is 4.79 Å². The quantitative estimate of drug-likeness (QED) is 0.630. The third-order valence-corrected chi connectivity index (χ3v) is 5.17. The van der Waals surface area contributed by atoms with E-state index in [-0.39, 0.29) is 11.9 Å². The zero-order chi connectivity index (χ0) is 19.6. The van der Waals surface area contributed by atoms with Gasteiger partial charge < -0.3 is 10.1 Å². The first-order valence-corrected chi connectivity index (χ1v) is 9.86. The van der Waals surface area contributed by atoms with Gasteiger partial charge in [0.15, 0.2) is 0 Å². The van der Waals surface area contributed by atoms with Crippen LogP contribution in [-0.4, -0.2) is 15.7 Å². The van der Waals surface area contributed by atoms with Gasteiger partial charge in [-0.1, -0.05) is 17.7 Å². The molecule has 0 aliphatic heterocycles. The van der Waals surface area contributed by atoms with E-state index in [2.05, 4.69) is 23.4 Å². The average molecular weight is 384 g/mol. The number of anilines is 1. The van der Waals surface area contributed by atoms with Crippen molar-refractivity contribution in [1.29, 1.82) is 0 Å². The number of ether oxygens (including phenoxy) is 1. The molecule has 0 unspecified atom stereocenters. The molecule has 0 saturated carbocycles. The Labute approximate surface area is 164 Å². The molecule has 0 aliphatic rings. The normalized spacial score (nSPS) is 11.0. The molecule has 0 saturated heterocycles. The Morgan fingerprint density at radius 3 is 2.70 bits per heavy atom. The first-order chi connectivity index (χ1) is 12.8. The van der Waals surface area contributed by atoms with E-state index in [0.29, 0.717) is 17.3 Å². The number of benzene rings is 1. The highest BCUT2D eigenvalue weighted by molar-refractivity contribution is 7.12. The molecule has 1 amide bonds. The summed E-state index contributed by atoms with van der Waals surface area (Å²) in [6.07, 6.45) is 0. The Balaban J connectivity index is 1.65. The second kappa shape index (κ2) is 7.96. The van der Waals surface area contributed by atoms with Crippen molar-refractivity contribution in [1.82, 2.24) is 9.78 Å². The average Bonchev–Trinajstić information content (AvgIpc) is 3.21. The number of hydrogen-bond donors (Lipinski definition) is 1. The van der Waals surface area contributed by atoms with Crippen LogP contribution in [0.15, 0.2) is 35.7 Å². The fourth-order valence-electron chi connectivity index (χ4n) is 2.87. The van der Waals surface area contributed by atoms with Crippen molar-refractivity contribution in [3.8, 4) is 5.75 Å². The highest BCUT2D eigenvalue weighted by atomic mass is 32.1. The van der Waals surface area contributed by atoms with Crippen LogP contribution in [0.5, 0.6) is 5.75 Å². The lowest BCUT2D eigenvalue weighted by molar-refractivity contribution is 0.102. The topological polar surface area (TPSA) is 56.1 Å². The summed E-state index contributed by atoms with van der Waals surface area (Å²) in [5, 5.41) is 9.35. The van der Waals surface area contributed by atoms with Crippen molar-refractivity contribution in [3.05, 3.63) is 63.0 Å². The van der Waals surface area contributed by atoms with Gasteiger partial charge in [0.1, 0.15) is 18.2 Å². The minimum absolute atomic E-state index is 0.125. The van der Waals surface area contributed by atoms with Gasteiger partial charge in [0.05, 0.1) is 10.6 Å². The number of rotatable bonds is 6. The van der Waals surface area contributed by atoms with E-state index in [0.717, 1.165) is 22.6 Å². The molecule has 0 atom stereocenters. The smallest absolute Gasteiger partial charge is 0.266 e. The van der Waals surface area contributed by atoms with E-state index in [1.165, 1.54) is 16.9 Å². The van der Waals surface area contributed by atoms with Crippen molar-refractivity contribution < 1.29 is 9.53 Å². The molecule has 1 aromatic carbocycles. The number of thiophene rings is 1. The fraction of sp³-hybridized carbons (Fsp3) is 0.333. The molecule has 6 heteroatoms. The first-order valence-electron chi connectivity index (χ1n) is 8.98. The molecule has 1 N–H and O–H groups in total. The van der Waals surface area contributed by atoms with Gasteiger partial charge in [-0.05, 0) is 57.7 Å². The Morgan fingerprint density at radius 1 is 1.22 bits per heavy atom. The predicted octanol–water partition coefficient (Wildman–Crippen LogP) is 5.28. The molecule has 0 radical (unpaired) electrons. The molecule has 0 fully saturated rings. The van der Waals surface area contributed by atoms with Crippen LogP contribution in [0.2, 0.25) is 0 Å². The summed E-state index contributed by atoms with van der Waals surface area (Å²) in [5.74, 6) is 1.46. The van der Waals surface area contributed by atoms with E-state index in [1.54, 1.807) is 0 Å². The summed E-state index contributed by atoms with van der Waals surface area (Å²) >= 11 is 1.42. The lowest BCUT2D eigenvalue weighted by Gasteiger charge is -2.11. The highest BCUT2D eigenvalue weighted by Crippen LogP contribution is 2.23. The van der Waals surface area contributed by atoms with Gasteiger partial charge in [0.25, 0.3) is 5.91 Å². The van der Waals surface area contributed by atoms with Gasteiger partial charge in [-0.25, -0.2) is 4.68 Å². The number of aromatic nitrogens is 2. The third kappa shape index (κ3) is 4.57. The molecular weight excluding hydrogens is 358 g/mol. The Hall–Kier alpha value is -2.60. The summed E-state index contributed by atoms with van der Waals surface area (Å²) in [5.41, 5.74) is 4.19. The number of carbonyl (C=O) groups is 1. The minimum atomic E-state index is -0.125. The monoisotopic (exact) mass is 383 g/mol. The summed E-state index contributed by atoms with van der Waals surface area (Å²) in [7, 11) is 0. The van der Waals surface area contributed by atoms with Gasteiger partial charge in [-0.15, -0.1) is 11.3 Å². The maximum absolute atomic E-state index is 12.6. The van der Waals surface area contributed by atoms with Crippen molar-refractivity contribution in [2.45, 2.75) is 47.3 Å². The number of nitrogens with zero attached hydrogens (tertiary/aromatic N) is 2. The molecule has 3 aromatic rings. The summed E-state index contributed by atoms with van der Waals surface area (Å²) < 4.78 is 7.73. The van der Waals surface area contributed by atoms with Crippen LogP contribution in [0.4, 0.5) is 5.82 Å². The molecule has 3 rings (SSSR count). The van der Waals surface area contributed by atoms with E-state index >= 15 is 0 Å². The minimum Gasteiger partial charge on any atom is -0.489 e. The molecular formula is C21H25N3O2S. The van der Waals surface area contributed by atoms with E-state index in [1.807, 2.05) is 62.0 Å². The molecule has 142 valence electrons. The second-order valence-corrected chi connectivity index (χ2v) is 7.95. The number of carbonyl (C=O) groups excluding carboxylic acids is 1. The number of nitrogens with one attached hydrogen (secondary N) is 1. The van der Waals surface area contributed by atoms with Gasteiger partial charge in [0, 0.05) is 17.7 Å². The van der Waals surface area contributed by atoms with Gasteiger partial charge in [0.2, 0.25) is 0 Å². The summed E-state index contributed by atoms with van der Waals surface area (Å²) in [4.78, 5) is 13.3. The van der Waals surface area contributed by atoms with Crippen LogP contribution in [0.25, 0.3) is 0 Å². The zero-order valence-corrected chi connectivity index (χ0v) is 17.2. The molecule has 0 spiro atoms. The van der Waals surface area contributed by atoms with Crippen LogP contribution in [0.3, 0.4) is 0 Å². The molecule has 5 nitrogen and oxygen atoms in total. The van der Waals surface area contributed by atoms with Crippen molar-refractivity contribution in [2.24, 2.45) is 0 Å². The molecule has 0 bridgehead atoms. The van der Waals surface area contributed by atoms with Crippen molar-refractivity contribution in [2.75, 3.05) is 5.32 Å². The number of amides is 1. The summed E-state index contributed by atoms with van der Waals surface area (Å²) in [6, 6.07) is 10.1. The predicted molar refractivity (Wildman–Crippen MR) is 110 cm³/mol. The van der Waals surface area contributed by atoms with Crippen LogP contribution in [0, 0.1) is 20.8 Å². The first kappa shape index (κ1) is 19.2. The Bertz CT molecular complexity index is 956. The van der Waals surface area contributed by atoms with Gasteiger partial charge >= 0.3 is 0 Å². The SMILES string of the molecule is Cc1ccc(OCc2csc(C(=O)Nc3cc(C)nn3C(C)C)c2)c(C)c1. The third-order valence-electron chi connectivity index (χ3n) is 4.19. The second-order valence-electron chi connectivity index (χ2n) is 7.04. The van der Waals surface area contributed by atoms with Crippen molar-refractivity contribution in [3.63, 3.8) is 0 Å². The largest absolute Gasteiger partial charge is 0.489 e. The maximum Gasteiger partial charge on any atom is 0.266 e. The zero-order valence-electron chi connectivity index (χ0n) is 16.4. The summed E-state index contributed by atoms with van der Waals surface area (Å²) in [6.45, 7) is 10.5. The molecule has 2 aromatic heterocycles. The standard InChI is InChI=1S/C21H25N3O2S/c1-13(2)24-20(9-16(5)23-24)22-21(25)19-10-17(12-27-19)11-26-18-7-6-14(3)8-15(18)4/h6-10,12-13H,11H2,1-5H3,(H,22,25). The van der Waals surface area contributed by atoms with Crippen LogP contribution in [0.1, 0.15) is 51.9 Å². The van der Waals surface area contributed by atoms with Crippen LogP contribution < -0.4 is 10.1 Å². The molecule has 27 heavy (non-hydrogen) atoms. The number of aryl methyl sites for hydroxylation is 3. The van der Waals surface area contributed by atoms with Crippen LogP contribution in [-0.2, 0) is 6.61 Å². The molecule has 0 aliphatic carbocycles. The van der Waals surface area contributed by atoms with E-state index < -0.39 is 0 Å². The van der Waals surface area contributed by atoms with Crippen LogP contribution >= 0.6 is 11.3 Å². The number of hydrogen-bond acceptors (Lipinski definition) is 4. The van der Waals surface area contributed by atoms with Gasteiger partial charge in [-0.2, -0.15) is 5.10 Å². The van der Waals surface area contributed by atoms with Gasteiger partial charge in [-0.3, -0.25) is 4.79 Å².